The highest BCUT2D eigenvalue weighted by Gasteiger charge is 2.24. The van der Waals surface area contributed by atoms with Crippen LogP contribution in [0.5, 0.6) is 0 Å². The second-order valence-electron chi connectivity index (χ2n) is 7.52. The molecule has 0 unspecified atom stereocenters. The summed E-state index contributed by atoms with van der Waals surface area (Å²) < 4.78 is 15.9. The molecular formula is C21H29N3O5. The lowest BCUT2D eigenvalue weighted by atomic mass is 9.86. The molecule has 1 fully saturated rings. The van der Waals surface area contributed by atoms with E-state index in [0.29, 0.717) is 17.6 Å². The summed E-state index contributed by atoms with van der Waals surface area (Å²) in [4.78, 5) is 32.6. The van der Waals surface area contributed by atoms with E-state index in [4.69, 9.17) is 19.6 Å². The number of nitrogens with zero attached hydrogens (tertiary/aromatic N) is 2. The average molecular weight is 403 g/mol. The van der Waals surface area contributed by atoms with Gasteiger partial charge in [0.1, 0.15) is 17.1 Å². The number of fused-ring (bicyclic) bond motifs is 1. The maximum atomic E-state index is 12.1. The molecule has 2 aromatic rings. The molecular weight excluding hydrogens is 374 g/mol. The van der Waals surface area contributed by atoms with Crippen LogP contribution in [0, 0.1) is 12.8 Å². The van der Waals surface area contributed by atoms with E-state index in [9.17, 15) is 9.59 Å². The first-order valence-electron chi connectivity index (χ1n) is 10.4. The van der Waals surface area contributed by atoms with Crippen molar-refractivity contribution >= 4 is 28.9 Å². The molecule has 0 aromatic carbocycles. The Morgan fingerprint density at radius 3 is 2.66 bits per heavy atom. The third kappa shape index (κ3) is 5.25. The zero-order valence-electron chi connectivity index (χ0n) is 17.2. The fourth-order valence-corrected chi connectivity index (χ4v) is 3.93. The Morgan fingerprint density at radius 2 is 1.93 bits per heavy atom. The number of aromatic nitrogens is 2. The molecule has 29 heavy (non-hydrogen) atoms. The first kappa shape index (κ1) is 21.1. The van der Waals surface area contributed by atoms with Crippen molar-refractivity contribution in [1.82, 2.24) is 9.97 Å². The second-order valence-corrected chi connectivity index (χ2v) is 7.52. The monoisotopic (exact) mass is 403 g/mol. The van der Waals surface area contributed by atoms with E-state index >= 15 is 0 Å². The number of rotatable bonds is 8. The molecule has 1 aliphatic rings. The Labute approximate surface area is 170 Å². The molecule has 0 aliphatic heterocycles. The lowest BCUT2D eigenvalue weighted by Crippen LogP contribution is -2.11. The Kier molecular flexibility index (Phi) is 7.06. The van der Waals surface area contributed by atoms with Gasteiger partial charge < -0.3 is 19.6 Å². The van der Waals surface area contributed by atoms with Gasteiger partial charge in [0.05, 0.1) is 12.0 Å². The van der Waals surface area contributed by atoms with Crippen LogP contribution in [0.1, 0.15) is 80.2 Å². The van der Waals surface area contributed by atoms with E-state index in [2.05, 4.69) is 9.97 Å². The molecule has 1 aliphatic carbocycles. The van der Waals surface area contributed by atoms with Crippen molar-refractivity contribution in [2.75, 3.05) is 12.3 Å². The molecule has 0 bridgehead atoms. The van der Waals surface area contributed by atoms with E-state index in [1.165, 1.54) is 32.1 Å². The lowest BCUT2D eigenvalue weighted by Gasteiger charge is -2.20. The molecule has 3 rings (SSSR count). The minimum Gasteiger partial charge on any atom is -0.462 e. The SMILES string of the molecule is CCOC(=O)c1c(C)oc2nc(COC(=O)CCCC3CCCCC3)nc(N)c12. The van der Waals surface area contributed by atoms with Crippen molar-refractivity contribution in [1.29, 1.82) is 0 Å². The number of anilines is 1. The third-order valence-corrected chi connectivity index (χ3v) is 5.36. The van der Waals surface area contributed by atoms with Crippen LogP contribution in [0.25, 0.3) is 11.1 Å². The number of aryl methyl sites for hydroxylation is 1. The molecule has 0 atom stereocenters. The van der Waals surface area contributed by atoms with E-state index in [-0.39, 0.29) is 42.1 Å². The molecule has 8 heteroatoms. The van der Waals surface area contributed by atoms with Gasteiger partial charge in [-0.25, -0.2) is 9.78 Å². The number of furan rings is 1. The first-order valence-corrected chi connectivity index (χ1v) is 10.4. The van der Waals surface area contributed by atoms with Gasteiger partial charge in [-0.3, -0.25) is 4.79 Å². The van der Waals surface area contributed by atoms with Gasteiger partial charge in [0.15, 0.2) is 12.4 Å². The van der Waals surface area contributed by atoms with Crippen molar-refractivity contribution in [3.63, 3.8) is 0 Å². The summed E-state index contributed by atoms with van der Waals surface area (Å²) in [6, 6.07) is 0. The van der Waals surface area contributed by atoms with Crippen molar-refractivity contribution in [3.8, 4) is 0 Å². The quantitative estimate of drug-likeness (QED) is 0.655. The summed E-state index contributed by atoms with van der Waals surface area (Å²) in [5.41, 5.74) is 6.42. The zero-order chi connectivity index (χ0) is 20.8. The predicted molar refractivity (Wildman–Crippen MR) is 107 cm³/mol. The van der Waals surface area contributed by atoms with Gasteiger partial charge in [-0.15, -0.1) is 0 Å². The summed E-state index contributed by atoms with van der Waals surface area (Å²) in [6.07, 6.45) is 8.81. The molecule has 2 heterocycles. The number of carbonyl (C=O) groups is 2. The fraction of sp³-hybridized carbons (Fsp3) is 0.619. The smallest absolute Gasteiger partial charge is 0.342 e. The van der Waals surface area contributed by atoms with E-state index in [0.717, 1.165) is 18.8 Å². The standard InChI is InChI=1S/C21H29N3O5/c1-3-27-21(26)17-13(2)29-20-18(17)19(22)23-15(24-20)12-28-16(25)11-7-10-14-8-5-4-6-9-14/h14H,3-12H2,1-2H3,(H2,22,23,24). The number of nitrogens with two attached hydrogens (primary N) is 1. The summed E-state index contributed by atoms with van der Waals surface area (Å²) in [6.45, 7) is 3.51. The van der Waals surface area contributed by atoms with Crippen LogP contribution in [0.2, 0.25) is 0 Å². The van der Waals surface area contributed by atoms with Crippen LogP contribution in [0.4, 0.5) is 5.82 Å². The van der Waals surface area contributed by atoms with Gasteiger partial charge in [-0.2, -0.15) is 4.98 Å². The molecule has 2 N–H and O–H groups in total. The van der Waals surface area contributed by atoms with Gasteiger partial charge in [-0.05, 0) is 32.6 Å². The number of nitrogen functional groups attached to an aromatic ring is 1. The van der Waals surface area contributed by atoms with Crippen molar-refractivity contribution in [3.05, 3.63) is 17.1 Å². The molecule has 158 valence electrons. The maximum absolute atomic E-state index is 12.1. The van der Waals surface area contributed by atoms with Crippen LogP contribution < -0.4 is 5.73 Å². The number of hydrogen-bond donors (Lipinski definition) is 1. The number of carbonyl (C=O) groups excluding carboxylic acids is 2. The molecule has 0 amide bonds. The molecule has 2 aromatic heterocycles. The van der Waals surface area contributed by atoms with E-state index < -0.39 is 5.97 Å². The van der Waals surface area contributed by atoms with E-state index in [1.54, 1.807) is 13.8 Å². The number of ether oxygens (including phenoxy) is 2. The molecule has 0 saturated heterocycles. The highest BCUT2D eigenvalue weighted by atomic mass is 16.5. The second kappa shape index (κ2) is 9.71. The molecule has 8 nitrogen and oxygen atoms in total. The van der Waals surface area contributed by atoms with Crippen LogP contribution in [-0.2, 0) is 20.9 Å². The summed E-state index contributed by atoms with van der Waals surface area (Å²) in [7, 11) is 0. The fourth-order valence-electron chi connectivity index (χ4n) is 3.93. The minimum atomic E-state index is -0.531. The molecule has 0 spiro atoms. The van der Waals surface area contributed by atoms with Gasteiger partial charge in [0.25, 0.3) is 0 Å². The normalized spacial score (nSPS) is 14.8. The maximum Gasteiger partial charge on any atom is 0.342 e. The van der Waals surface area contributed by atoms with Crippen LogP contribution in [0.15, 0.2) is 4.42 Å². The Hall–Kier alpha value is -2.64. The number of esters is 2. The topological polar surface area (TPSA) is 118 Å². The van der Waals surface area contributed by atoms with Gasteiger partial charge >= 0.3 is 11.9 Å². The zero-order valence-corrected chi connectivity index (χ0v) is 17.2. The first-order chi connectivity index (χ1) is 14.0. The highest BCUT2D eigenvalue weighted by Crippen LogP contribution is 2.29. The molecule has 0 radical (unpaired) electrons. The third-order valence-electron chi connectivity index (χ3n) is 5.36. The van der Waals surface area contributed by atoms with Gasteiger partial charge in [0, 0.05) is 6.42 Å². The van der Waals surface area contributed by atoms with Crippen LogP contribution in [-0.4, -0.2) is 28.5 Å². The highest BCUT2D eigenvalue weighted by molar-refractivity contribution is 6.07. The Morgan fingerprint density at radius 1 is 1.17 bits per heavy atom. The largest absolute Gasteiger partial charge is 0.462 e. The van der Waals surface area contributed by atoms with Crippen molar-refractivity contribution in [2.45, 2.75) is 71.8 Å². The van der Waals surface area contributed by atoms with Gasteiger partial charge in [0.2, 0.25) is 5.71 Å². The molecule has 1 saturated carbocycles. The summed E-state index contributed by atoms with van der Waals surface area (Å²) in [5.74, 6) is 0.634. The summed E-state index contributed by atoms with van der Waals surface area (Å²) in [5, 5.41) is 0.323. The van der Waals surface area contributed by atoms with Crippen LogP contribution in [0.3, 0.4) is 0 Å². The van der Waals surface area contributed by atoms with Crippen molar-refractivity contribution in [2.24, 2.45) is 5.92 Å². The summed E-state index contributed by atoms with van der Waals surface area (Å²) >= 11 is 0. The average Bonchev–Trinajstić information content (AvgIpc) is 3.04. The van der Waals surface area contributed by atoms with Crippen molar-refractivity contribution < 1.29 is 23.5 Å². The van der Waals surface area contributed by atoms with Crippen LogP contribution >= 0.6 is 0 Å². The van der Waals surface area contributed by atoms with E-state index in [1.807, 2.05) is 0 Å². The predicted octanol–water partition coefficient (Wildman–Crippen LogP) is 4.08. The lowest BCUT2D eigenvalue weighted by molar-refractivity contribution is -0.145. The minimum absolute atomic E-state index is 0.0864. The van der Waals surface area contributed by atoms with Gasteiger partial charge in [-0.1, -0.05) is 32.1 Å². The Balaban J connectivity index is 1.57. The Bertz CT molecular complexity index is 871. The number of hydrogen-bond acceptors (Lipinski definition) is 8.